The molecule has 0 saturated carbocycles. The van der Waals surface area contributed by atoms with Gasteiger partial charge in [0.2, 0.25) is 0 Å². The van der Waals surface area contributed by atoms with E-state index in [2.05, 4.69) is 25.7 Å². The molecule has 0 saturated heterocycles. The van der Waals surface area contributed by atoms with Gasteiger partial charge in [0.05, 0.1) is 0 Å². The minimum Gasteiger partial charge on any atom is -0.483 e. The number of hydrogen-bond donors (Lipinski definition) is 1. The molecule has 1 rings (SSSR count). The van der Waals surface area contributed by atoms with Crippen molar-refractivity contribution in [3.05, 3.63) is 42.5 Å². The number of ether oxygens (including phenoxy) is 1. The Balaban J connectivity index is 2.56. The summed E-state index contributed by atoms with van der Waals surface area (Å²) >= 11 is 0. The SMILES string of the molecule is C=CCNC(=O)COc1ccccc1C(C)C. The van der Waals surface area contributed by atoms with Crippen molar-refractivity contribution in [2.75, 3.05) is 13.2 Å². The summed E-state index contributed by atoms with van der Waals surface area (Å²) < 4.78 is 5.51. The summed E-state index contributed by atoms with van der Waals surface area (Å²) in [5.74, 6) is 1.02. The number of benzene rings is 1. The third-order valence-electron chi connectivity index (χ3n) is 2.34. The lowest BCUT2D eigenvalue weighted by atomic mass is 10.0. The Morgan fingerprint density at radius 1 is 1.47 bits per heavy atom. The highest BCUT2D eigenvalue weighted by Crippen LogP contribution is 2.25. The van der Waals surface area contributed by atoms with Crippen LogP contribution in [0.25, 0.3) is 0 Å². The molecule has 0 aliphatic carbocycles. The zero-order chi connectivity index (χ0) is 12.7. The molecule has 3 nitrogen and oxygen atoms in total. The van der Waals surface area contributed by atoms with E-state index in [1.807, 2.05) is 24.3 Å². The number of para-hydroxylation sites is 1. The summed E-state index contributed by atoms with van der Waals surface area (Å²) in [6.45, 7) is 8.23. The van der Waals surface area contributed by atoms with E-state index in [1.165, 1.54) is 0 Å². The topological polar surface area (TPSA) is 38.3 Å². The maximum atomic E-state index is 11.4. The third kappa shape index (κ3) is 4.31. The van der Waals surface area contributed by atoms with Crippen molar-refractivity contribution >= 4 is 5.91 Å². The van der Waals surface area contributed by atoms with Gasteiger partial charge in [0.1, 0.15) is 5.75 Å². The number of carbonyl (C=O) groups is 1. The predicted molar refractivity (Wildman–Crippen MR) is 69.2 cm³/mol. The standard InChI is InChI=1S/C14H19NO2/c1-4-9-15-14(16)10-17-13-8-6-5-7-12(13)11(2)3/h4-8,11H,1,9-10H2,2-3H3,(H,15,16). The van der Waals surface area contributed by atoms with Crippen LogP contribution in [-0.2, 0) is 4.79 Å². The molecule has 0 heterocycles. The first-order chi connectivity index (χ1) is 8.15. The summed E-state index contributed by atoms with van der Waals surface area (Å²) in [5.41, 5.74) is 1.11. The highest BCUT2D eigenvalue weighted by Gasteiger charge is 2.08. The van der Waals surface area contributed by atoms with E-state index in [4.69, 9.17) is 4.74 Å². The van der Waals surface area contributed by atoms with E-state index in [1.54, 1.807) is 6.08 Å². The van der Waals surface area contributed by atoms with E-state index < -0.39 is 0 Å². The van der Waals surface area contributed by atoms with Crippen LogP contribution in [0.5, 0.6) is 5.75 Å². The van der Waals surface area contributed by atoms with Gasteiger partial charge >= 0.3 is 0 Å². The van der Waals surface area contributed by atoms with Gasteiger partial charge in [-0.1, -0.05) is 38.1 Å². The van der Waals surface area contributed by atoms with E-state index in [-0.39, 0.29) is 12.5 Å². The van der Waals surface area contributed by atoms with Gasteiger partial charge in [0.15, 0.2) is 6.61 Å². The molecule has 92 valence electrons. The summed E-state index contributed by atoms with van der Waals surface area (Å²) in [4.78, 5) is 11.4. The average Bonchev–Trinajstić information content (AvgIpc) is 2.34. The molecule has 0 radical (unpaired) electrons. The molecule has 0 aliphatic rings. The molecule has 0 unspecified atom stereocenters. The van der Waals surface area contributed by atoms with Crippen molar-refractivity contribution in [2.24, 2.45) is 0 Å². The Morgan fingerprint density at radius 3 is 2.82 bits per heavy atom. The van der Waals surface area contributed by atoms with Crippen molar-refractivity contribution in [3.63, 3.8) is 0 Å². The van der Waals surface area contributed by atoms with Crippen LogP contribution >= 0.6 is 0 Å². The minimum atomic E-state index is -0.136. The van der Waals surface area contributed by atoms with Gasteiger partial charge in [-0.3, -0.25) is 4.79 Å². The normalized spacial score (nSPS) is 10.1. The zero-order valence-corrected chi connectivity index (χ0v) is 10.4. The molecule has 0 spiro atoms. The quantitative estimate of drug-likeness (QED) is 0.767. The zero-order valence-electron chi connectivity index (χ0n) is 10.4. The molecular formula is C14H19NO2. The lowest BCUT2D eigenvalue weighted by Crippen LogP contribution is -2.28. The van der Waals surface area contributed by atoms with Gasteiger partial charge in [0.25, 0.3) is 5.91 Å². The molecular weight excluding hydrogens is 214 g/mol. The van der Waals surface area contributed by atoms with Crippen molar-refractivity contribution in [3.8, 4) is 5.75 Å². The van der Waals surface area contributed by atoms with Crippen LogP contribution < -0.4 is 10.1 Å². The number of hydrogen-bond acceptors (Lipinski definition) is 2. The molecule has 1 aromatic rings. The molecule has 1 N–H and O–H groups in total. The summed E-state index contributed by atoms with van der Waals surface area (Å²) in [6.07, 6.45) is 1.64. The first-order valence-corrected chi connectivity index (χ1v) is 5.74. The second-order valence-corrected chi connectivity index (χ2v) is 4.07. The first kappa shape index (κ1) is 13.3. The van der Waals surface area contributed by atoms with Crippen LogP contribution in [0.1, 0.15) is 25.3 Å². The van der Waals surface area contributed by atoms with Gasteiger partial charge in [0, 0.05) is 6.54 Å². The van der Waals surface area contributed by atoms with Gasteiger partial charge in [-0.2, -0.15) is 0 Å². The molecule has 0 bridgehead atoms. The van der Waals surface area contributed by atoms with Crippen molar-refractivity contribution in [1.29, 1.82) is 0 Å². The lowest BCUT2D eigenvalue weighted by molar-refractivity contribution is -0.122. The Morgan fingerprint density at radius 2 is 2.18 bits per heavy atom. The Labute approximate surface area is 102 Å². The van der Waals surface area contributed by atoms with E-state index >= 15 is 0 Å². The van der Waals surface area contributed by atoms with E-state index in [0.29, 0.717) is 12.5 Å². The van der Waals surface area contributed by atoms with Gasteiger partial charge in [-0.25, -0.2) is 0 Å². The van der Waals surface area contributed by atoms with Crippen LogP contribution in [0.15, 0.2) is 36.9 Å². The molecule has 17 heavy (non-hydrogen) atoms. The largest absolute Gasteiger partial charge is 0.483 e. The molecule has 1 aromatic carbocycles. The predicted octanol–water partition coefficient (Wildman–Crippen LogP) is 2.49. The fourth-order valence-electron chi connectivity index (χ4n) is 1.47. The van der Waals surface area contributed by atoms with Crippen LogP contribution in [0.2, 0.25) is 0 Å². The molecule has 0 atom stereocenters. The molecule has 1 amide bonds. The van der Waals surface area contributed by atoms with E-state index in [0.717, 1.165) is 11.3 Å². The Hall–Kier alpha value is -1.77. The van der Waals surface area contributed by atoms with Crippen molar-refractivity contribution in [2.45, 2.75) is 19.8 Å². The molecule has 0 fully saturated rings. The van der Waals surface area contributed by atoms with Crippen LogP contribution in [0.4, 0.5) is 0 Å². The first-order valence-electron chi connectivity index (χ1n) is 5.74. The summed E-state index contributed by atoms with van der Waals surface area (Å²) in [7, 11) is 0. The molecule has 0 aliphatic heterocycles. The number of rotatable bonds is 6. The summed E-state index contributed by atoms with van der Waals surface area (Å²) in [5, 5.41) is 2.67. The number of nitrogens with one attached hydrogen (secondary N) is 1. The Kier molecular flexibility index (Phi) is 5.27. The van der Waals surface area contributed by atoms with Crippen LogP contribution in [-0.4, -0.2) is 19.1 Å². The van der Waals surface area contributed by atoms with Crippen LogP contribution in [0, 0.1) is 0 Å². The second kappa shape index (κ2) is 6.74. The fourth-order valence-corrected chi connectivity index (χ4v) is 1.47. The van der Waals surface area contributed by atoms with Gasteiger partial charge in [-0.15, -0.1) is 6.58 Å². The highest BCUT2D eigenvalue weighted by molar-refractivity contribution is 5.77. The second-order valence-electron chi connectivity index (χ2n) is 4.07. The fraction of sp³-hybridized carbons (Fsp3) is 0.357. The number of carbonyl (C=O) groups excluding carboxylic acids is 1. The Bertz CT molecular complexity index is 386. The van der Waals surface area contributed by atoms with E-state index in [9.17, 15) is 4.79 Å². The monoisotopic (exact) mass is 233 g/mol. The van der Waals surface area contributed by atoms with Gasteiger partial charge in [-0.05, 0) is 17.5 Å². The molecule has 0 aromatic heterocycles. The average molecular weight is 233 g/mol. The highest BCUT2D eigenvalue weighted by atomic mass is 16.5. The third-order valence-corrected chi connectivity index (χ3v) is 2.34. The lowest BCUT2D eigenvalue weighted by Gasteiger charge is -2.13. The molecule has 3 heteroatoms. The smallest absolute Gasteiger partial charge is 0.258 e. The minimum absolute atomic E-state index is 0.0393. The maximum absolute atomic E-state index is 11.4. The summed E-state index contributed by atoms with van der Waals surface area (Å²) in [6, 6.07) is 7.78. The number of amides is 1. The van der Waals surface area contributed by atoms with Crippen LogP contribution in [0.3, 0.4) is 0 Å². The van der Waals surface area contributed by atoms with Crippen molar-refractivity contribution in [1.82, 2.24) is 5.32 Å². The van der Waals surface area contributed by atoms with Gasteiger partial charge < -0.3 is 10.1 Å². The maximum Gasteiger partial charge on any atom is 0.258 e. The van der Waals surface area contributed by atoms with Crippen molar-refractivity contribution < 1.29 is 9.53 Å².